The summed E-state index contributed by atoms with van der Waals surface area (Å²) >= 11 is 0. The molecule has 1 aliphatic rings. The monoisotopic (exact) mass is 200 g/mol. The normalized spacial score (nSPS) is 26.9. The van der Waals surface area contributed by atoms with Gasteiger partial charge in [0.1, 0.15) is 5.70 Å². The minimum absolute atomic E-state index is 0.143. The lowest BCUT2D eigenvalue weighted by Gasteiger charge is -2.19. The summed E-state index contributed by atoms with van der Waals surface area (Å²) in [4.78, 5) is 21.3. The molecule has 1 atom stereocenters. The molecule has 7 nitrogen and oxygen atoms in total. The molecule has 1 aliphatic heterocycles. The number of carbonyl (C=O) groups is 1. The van der Waals surface area contributed by atoms with Crippen molar-refractivity contribution in [2.45, 2.75) is 19.5 Å². The number of primary amides is 1. The number of carbonyl (C=O) groups excluding carboxylic acids is 1. The van der Waals surface area contributed by atoms with Crippen LogP contribution in [-0.2, 0) is 4.79 Å². The molecule has 0 aromatic heterocycles. The Morgan fingerprint density at radius 3 is 2.43 bits per heavy atom. The van der Waals surface area contributed by atoms with Crippen LogP contribution in [0.2, 0.25) is 0 Å². The molecule has 0 aromatic rings. The fraction of sp³-hybridized carbons (Fsp3) is 0.571. The summed E-state index contributed by atoms with van der Waals surface area (Å²) in [7, 11) is 1.51. The zero-order valence-electron chi connectivity index (χ0n) is 8.20. The summed E-state index contributed by atoms with van der Waals surface area (Å²) < 4.78 is 0. The molecule has 7 heteroatoms. The Morgan fingerprint density at radius 2 is 2.21 bits per heavy atom. The smallest absolute Gasteiger partial charge is 0.312 e. The molecule has 1 amide bonds. The van der Waals surface area contributed by atoms with Gasteiger partial charge in [-0.05, 0) is 6.92 Å². The molecule has 0 aliphatic carbocycles. The third-order valence-corrected chi connectivity index (χ3v) is 2.40. The van der Waals surface area contributed by atoms with Gasteiger partial charge in [-0.1, -0.05) is 0 Å². The number of nitro groups is 1. The number of nitrogens with two attached hydrogens (primary N) is 1. The van der Waals surface area contributed by atoms with Gasteiger partial charge in [0.05, 0.1) is 5.57 Å². The second-order valence-corrected chi connectivity index (χ2v) is 3.34. The average Bonchev–Trinajstić information content (AvgIpc) is 2.24. The van der Waals surface area contributed by atoms with E-state index in [2.05, 4.69) is 5.43 Å². The van der Waals surface area contributed by atoms with Gasteiger partial charge in [-0.25, -0.2) is 0 Å². The maximum absolute atomic E-state index is 11.0. The summed E-state index contributed by atoms with van der Waals surface area (Å²) in [5, 5.41) is 12.1. The van der Waals surface area contributed by atoms with Crippen molar-refractivity contribution >= 4 is 5.91 Å². The van der Waals surface area contributed by atoms with Crippen molar-refractivity contribution in [1.82, 2.24) is 10.4 Å². The molecule has 0 radical (unpaired) electrons. The van der Waals surface area contributed by atoms with Crippen LogP contribution in [0.4, 0.5) is 0 Å². The highest BCUT2D eigenvalue weighted by Crippen LogP contribution is 2.28. The van der Waals surface area contributed by atoms with E-state index < -0.39 is 16.5 Å². The zero-order chi connectivity index (χ0) is 11.1. The van der Waals surface area contributed by atoms with E-state index in [1.807, 2.05) is 0 Å². The predicted octanol–water partition coefficient (Wildman–Crippen LogP) is -0.811. The SMILES string of the molecule is CC1=C(C(N)=O)N(C)NC1(C)[N+](=O)[O-]. The largest absolute Gasteiger partial charge is 0.364 e. The zero-order valence-corrected chi connectivity index (χ0v) is 8.20. The van der Waals surface area contributed by atoms with E-state index in [0.29, 0.717) is 5.57 Å². The molecular formula is C7H12N4O3. The molecule has 0 bridgehead atoms. The van der Waals surface area contributed by atoms with Crippen molar-refractivity contribution in [2.75, 3.05) is 7.05 Å². The third kappa shape index (κ3) is 1.22. The maximum Gasteiger partial charge on any atom is 0.312 e. The molecule has 78 valence electrons. The highest BCUT2D eigenvalue weighted by atomic mass is 16.6. The van der Waals surface area contributed by atoms with Crippen LogP contribution >= 0.6 is 0 Å². The van der Waals surface area contributed by atoms with E-state index >= 15 is 0 Å². The number of likely N-dealkylation sites (N-methyl/N-ethyl adjacent to an activating group) is 1. The first-order valence-corrected chi connectivity index (χ1v) is 3.98. The van der Waals surface area contributed by atoms with Crippen molar-refractivity contribution in [1.29, 1.82) is 0 Å². The first kappa shape index (κ1) is 10.5. The molecule has 1 heterocycles. The number of rotatable bonds is 2. The van der Waals surface area contributed by atoms with Crippen LogP contribution in [0.3, 0.4) is 0 Å². The number of nitrogens with one attached hydrogen (secondary N) is 1. The van der Waals surface area contributed by atoms with Crippen molar-refractivity contribution < 1.29 is 9.72 Å². The second kappa shape index (κ2) is 2.95. The quantitative estimate of drug-likeness (QED) is 0.448. The van der Waals surface area contributed by atoms with Crippen LogP contribution in [0.1, 0.15) is 13.8 Å². The van der Waals surface area contributed by atoms with Crippen LogP contribution in [0.5, 0.6) is 0 Å². The number of amides is 1. The molecule has 0 spiro atoms. The molecule has 3 N–H and O–H groups in total. The van der Waals surface area contributed by atoms with Gasteiger partial charge in [-0.15, -0.1) is 0 Å². The summed E-state index contributed by atoms with van der Waals surface area (Å²) in [6.45, 7) is 2.90. The Bertz CT molecular complexity index is 338. The lowest BCUT2D eigenvalue weighted by molar-refractivity contribution is -0.563. The van der Waals surface area contributed by atoms with Crippen molar-refractivity contribution in [3.63, 3.8) is 0 Å². The first-order chi connectivity index (χ1) is 6.30. The Labute approximate surface area is 80.7 Å². The maximum atomic E-state index is 11.0. The van der Waals surface area contributed by atoms with Gasteiger partial charge in [0, 0.05) is 18.9 Å². The minimum atomic E-state index is -1.45. The van der Waals surface area contributed by atoms with Gasteiger partial charge in [0.25, 0.3) is 5.91 Å². The summed E-state index contributed by atoms with van der Waals surface area (Å²) in [6, 6.07) is 0. The van der Waals surface area contributed by atoms with E-state index in [0.717, 1.165) is 0 Å². The summed E-state index contributed by atoms with van der Waals surface area (Å²) in [5.41, 5.74) is 6.68. The standard InChI is InChI=1S/C7H12N4O3/c1-4-5(6(8)12)10(3)9-7(4,2)11(13)14/h9H,1-3H3,(H2,8,12). The Balaban J connectivity index is 3.23. The van der Waals surface area contributed by atoms with Crippen molar-refractivity contribution in [3.05, 3.63) is 21.4 Å². The molecule has 0 fully saturated rings. The second-order valence-electron chi connectivity index (χ2n) is 3.34. The highest BCUT2D eigenvalue weighted by molar-refractivity contribution is 5.92. The third-order valence-electron chi connectivity index (χ3n) is 2.40. The van der Waals surface area contributed by atoms with Crippen molar-refractivity contribution in [3.8, 4) is 0 Å². The first-order valence-electron chi connectivity index (χ1n) is 3.98. The van der Waals surface area contributed by atoms with E-state index in [1.54, 1.807) is 0 Å². The lowest BCUT2D eigenvalue weighted by Crippen LogP contribution is -2.50. The number of nitrogens with zero attached hydrogens (tertiary/aromatic N) is 2. The fourth-order valence-corrected chi connectivity index (χ4v) is 1.48. The van der Waals surface area contributed by atoms with Gasteiger partial charge in [-0.2, -0.15) is 5.43 Å². The molecule has 1 rings (SSSR count). The van der Waals surface area contributed by atoms with Crippen LogP contribution in [0, 0.1) is 10.1 Å². The van der Waals surface area contributed by atoms with Crippen molar-refractivity contribution in [2.24, 2.45) is 5.73 Å². The van der Waals surface area contributed by atoms with Gasteiger partial charge in [-0.3, -0.25) is 14.9 Å². The Hall–Kier alpha value is -1.63. The average molecular weight is 200 g/mol. The van der Waals surface area contributed by atoms with Crippen LogP contribution in [-0.4, -0.2) is 28.5 Å². The van der Waals surface area contributed by atoms with E-state index in [1.165, 1.54) is 25.9 Å². The van der Waals surface area contributed by atoms with Crippen LogP contribution in [0.15, 0.2) is 11.3 Å². The van der Waals surface area contributed by atoms with Gasteiger partial charge < -0.3 is 10.7 Å². The number of hydrogen-bond acceptors (Lipinski definition) is 5. The summed E-state index contributed by atoms with van der Waals surface area (Å²) in [6.07, 6.45) is 0. The molecule has 1 unspecified atom stereocenters. The molecule has 0 aromatic carbocycles. The van der Waals surface area contributed by atoms with E-state index in [4.69, 9.17) is 5.73 Å². The predicted molar refractivity (Wildman–Crippen MR) is 48.2 cm³/mol. The van der Waals surface area contributed by atoms with Gasteiger partial charge >= 0.3 is 5.66 Å². The summed E-state index contributed by atoms with van der Waals surface area (Å²) in [5.74, 6) is -0.678. The van der Waals surface area contributed by atoms with Crippen LogP contribution in [0.25, 0.3) is 0 Å². The van der Waals surface area contributed by atoms with Gasteiger partial charge in [0.2, 0.25) is 0 Å². The Kier molecular flexibility index (Phi) is 2.20. The van der Waals surface area contributed by atoms with Gasteiger partial charge in [0.15, 0.2) is 0 Å². The highest BCUT2D eigenvalue weighted by Gasteiger charge is 2.49. The molecule has 0 saturated carbocycles. The minimum Gasteiger partial charge on any atom is -0.364 e. The topological polar surface area (TPSA) is 102 Å². The molecule has 14 heavy (non-hydrogen) atoms. The fourth-order valence-electron chi connectivity index (χ4n) is 1.48. The number of hydrazine groups is 1. The van der Waals surface area contributed by atoms with E-state index in [9.17, 15) is 14.9 Å². The Morgan fingerprint density at radius 1 is 1.71 bits per heavy atom. The number of hydrogen-bond donors (Lipinski definition) is 2. The van der Waals surface area contributed by atoms with E-state index in [-0.39, 0.29) is 5.70 Å². The molecular weight excluding hydrogens is 188 g/mol. The van der Waals surface area contributed by atoms with Crippen LogP contribution < -0.4 is 11.2 Å². The molecule has 0 saturated heterocycles. The lowest BCUT2D eigenvalue weighted by atomic mass is 10.0.